The maximum Gasteiger partial charge on any atom is 0.0726 e. The predicted molar refractivity (Wildman–Crippen MR) is 268 cm³/mol. The van der Waals surface area contributed by atoms with E-state index >= 15 is 0 Å². The highest BCUT2D eigenvalue weighted by atomic mass is 15.1. The summed E-state index contributed by atoms with van der Waals surface area (Å²) in [5.74, 6) is 0.372. The number of nitrogens with zero attached hydrogens (tertiary/aromatic N) is 1. The molecule has 6 aliphatic carbocycles. The SMILES string of the molecule is C1=C=CC(C2(c3ccccc3)c3ccccc3-c3ccc(N(c4cccc5c4C=CC4CC=CC=C54)c4cccc5c4-c4ccccc4C54c5ccccc5-c5ccccc54)cc32)=CC=1. The fourth-order valence-electron chi connectivity index (χ4n) is 12.7. The Morgan fingerprint density at radius 2 is 1.08 bits per heavy atom. The average molecular weight is 824 g/mol. The third-order valence-corrected chi connectivity index (χ3v) is 15.2. The van der Waals surface area contributed by atoms with E-state index in [0.717, 1.165) is 17.8 Å². The molecule has 6 aliphatic rings. The van der Waals surface area contributed by atoms with Crippen LogP contribution in [0, 0.1) is 5.92 Å². The zero-order valence-corrected chi connectivity index (χ0v) is 35.7. The summed E-state index contributed by atoms with van der Waals surface area (Å²) in [7, 11) is 0. The van der Waals surface area contributed by atoms with E-state index in [1.807, 2.05) is 6.08 Å². The van der Waals surface area contributed by atoms with Crippen molar-refractivity contribution < 1.29 is 0 Å². The van der Waals surface area contributed by atoms with Crippen LogP contribution in [0.4, 0.5) is 17.1 Å². The van der Waals surface area contributed by atoms with Crippen molar-refractivity contribution in [2.75, 3.05) is 4.90 Å². The third-order valence-electron chi connectivity index (χ3n) is 15.2. The molecule has 8 aromatic rings. The van der Waals surface area contributed by atoms with Crippen LogP contribution < -0.4 is 4.90 Å². The highest BCUT2D eigenvalue weighted by Gasteiger charge is 2.53. The molecule has 0 aliphatic heterocycles. The lowest BCUT2D eigenvalue weighted by atomic mass is 9.66. The summed E-state index contributed by atoms with van der Waals surface area (Å²) in [6.07, 6.45) is 19.1. The molecule has 14 rings (SSSR count). The number of benzene rings is 8. The van der Waals surface area contributed by atoms with Gasteiger partial charge in [0, 0.05) is 22.7 Å². The molecule has 0 saturated heterocycles. The molecule has 0 bridgehead atoms. The van der Waals surface area contributed by atoms with Crippen LogP contribution >= 0.6 is 0 Å². The lowest BCUT2D eigenvalue weighted by Crippen LogP contribution is -2.29. The number of hydrogen-bond donors (Lipinski definition) is 0. The summed E-state index contributed by atoms with van der Waals surface area (Å²) in [5, 5.41) is 0. The van der Waals surface area contributed by atoms with Gasteiger partial charge in [-0.05, 0) is 132 Å². The molecule has 302 valence electrons. The van der Waals surface area contributed by atoms with Crippen LogP contribution in [0.1, 0.15) is 56.5 Å². The Morgan fingerprint density at radius 1 is 0.477 bits per heavy atom. The fraction of sp³-hybridized carbons (Fsp3) is 0.0625. The van der Waals surface area contributed by atoms with Crippen molar-refractivity contribution in [3.63, 3.8) is 0 Å². The summed E-state index contributed by atoms with van der Waals surface area (Å²) in [4.78, 5) is 2.59. The zero-order valence-electron chi connectivity index (χ0n) is 35.7. The minimum Gasteiger partial charge on any atom is -0.309 e. The predicted octanol–water partition coefficient (Wildman–Crippen LogP) is 15.6. The Bertz CT molecular complexity index is 3570. The lowest BCUT2D eigenvalue weighted by Gasteiger charge is -2.36. The Morgan fingerprint density at radius 3 is 1.80 bits per heavy atom. The number of allylic oxidation sites excluding steroid dienone is 9. The molecule has 0 radical (unpaired) electrons. The molecule has 0 fully saturated rings. The van der Waals surface area contributed by atoms with E-state index < -0.39 is 10.8 Å². The molecule has 8 aromatic carbocycles. The summed E-state index contributed by atoms with van der Waals surface area (Å²) in [5.41, 5.74) is 30.9. The monoisotopic (exact) mass is 823 g/mol. The molecule has 0 saturated carbocycles. The zero-order chi connectivity index (χ0) is 42.7. The Labute approximate surface area is 380 Å². The minimum atomic E-state index is -0.588. The van der Waals surface area contributed by atoms with Gasteiger partial charge in [0.05, 0.1) is 22.2 Å². The summed E-state index contributed by atoms with van der Waals surface area (Å²) in [6, 6.07) is 68.7. The largest absolute Gasteiger partial charge is 0.309 e. The van der Waals surface area contributed by atoms with E-state index in [0.29, 0.717) is 5.92 Å². The maximum absolute atomic E-state index is 3.36. The second-order valence-electron chi connectivity index (χ2n) is 18.0. The average Bonchev–Trinajstić information content (AvgIpc) is 3.97. The quantitative estimate of drug-likeness (QED) is 0.156. The van der Waals surface area contributed by atoms with Crippen molar-refractivity contribution >= 4 is 28.7 Å². The van der Waals surface area contributed by atoms with Crippen LogP contribution in [-0.2, 0) is 10.8 Å². The molecule has 2 atom stereocenters. The van der Waals surface area contributed by atoms with Gasteiger partial charge in [-0.3, -0.25) is 0 Å². The Balaban J connectivity index is 1.09. The molecule has 65 heavy (non-hydrogen) atoms. The molecule has 0 heterocycles. The van der Waals surface area contributed by atoms with E-state index in [9.17, 15) is 0 Å². The van der Waals surface area contributed by atoms with Crippen LogP contribution in [0.2, 0.25) is 0 Å². The third kappa shape index (κ3) is 4.73. The van der Waals surface area contributed by atoms with Crippen LogP contribution in [-0.4, -0.2) is 0 Å². The number of anilines is 3. The van der Waals surface area contributed by atoms with Crippen molar-refractivity contribution in [3.8, 4) is 33.4 Å². The second-order valence-corrected chi connectivity index (χ2v) is 18.0. The van der Waals surface area contributed by atoms with Crippen LogP contribution in [0.15, 0.2) is 242 Å². The van der Waals surface area contributed by atoms with Gasteiger partial charge in [-0.2, -0.15) is 0 Å². The Kier molecular flexibility index (Phi) is 7.63. The lowest BCUT2D eigenvalue weighted by molar-refractivity contribution is 0.767. The van der Waals surface area contributed by atoms with Gasteiger partial charge >= 0.3 is 0 Å². The molecule has 2 unspecified atom stereocenters. The molecule has 1 heteroatoms. The minimum absolute atomic E-state index is 0.372. The van der Waals surface area contributed by atoms with Gasteiger partial charge in [0.2, 0.25) is 0 Å². The van der Waals surface area contributed by atoms with Crippen molar-refractivity contribution in [1.82, 2.24) is 0 Å². The van der Waals surface area contributed by atoms with Crippen LogP contribution in [0.3, 0.4) is 0 Å². The van der Waals surface area contributed by atoms with Gasteiger partial charge in [0.25, 0.3) is 0 Å². The fourth-order valence-corrected chi connectivity index (χ4v) is 12.7. The summed E-state index contributed by atoms with van der Waals surface area (Å²) < 4.78 is 0. The number of rotatable bonds is 5. The highest BCUT2D eigenvalue weighted by molar-refractivity contribution is 6.03. The molecule has 1 nitrogen and oxygen atoms in total. The molecular weight excluding hydrogens is 783 g/mol. The van der Waals surface area contributed by atoms with Crippen LogP contribution in [0.5, 0.6) is 0 Å². The number of hydrogen-bond acceptors (Lipinski definition) is 1. The van der Waals surface area contributed by atoms with Crippen LogP contribution in [0.25, 0.3) is 45.0 Å². The summed E-state index contributed by atoms with van der Waals surface area (Å²) in [6.45, 7) is 0. The van der Waals surface area contributed by atoms with Crippen molar-refractivity contribution in [1.29, 1.82) is 0 Å². The smallest absolute Gasteiger partial charge is 0.0726 e. The molecular formula is C64H41N. The van der Waals surface area contributed by atoms with E-state index in [-0.39, 0.29) is 0 Å². The van der Waals surface area contributed by atoms with Gasteiger partial charge < -0.3 is 4.90 Å². The molecule has 0 amide bonds. The standard InChI is InChI=1S/C64H41N/c1-3-20-43(21-4-1)63(44-22-5-2-6-23-44)54-30-13-9-27-50(54)51-40-38-45(41-59(51)63)65(60-35-17-29-47-46-24-8-7-19-42(46)37-39-52(47)60)61-36-18-34-58-62(61)53-28-12-16-33-57(53)64(58)55-31-14-10-25-48(55)49-26-11-15-32-56(49)64/h1,3-5,7-18,20-42H,19H2. The van der Waals surface area contributed by atoms with E-state index in [1.54, 1.807) is 0 Å². The highest BCUT2D eigenvalue weighted by Crippen LogP contribution is 2.65. The molecule has 0 N–H and O–H groups in total. The maximum atomic E-state index is 3.36. The summed E-state index contributed by atoms with van der Waals surface area (Å²) >= 11 is 0. The normalized spacial score (nSPS) is 18.7. The van der Waals surface area contributed by atoms with E-state index in [1.165, 1.54) is 100 Å². The first-order valence-corrected chi connectivity index (χ1v) is 22.9. The van der Waals surface area contributed by atoms with E-state index in [2.05, 4.69) is 241 Å². The molecule has 0 aromatic heterocycles. The van der Waals surface area contributed by atoms with Gasteiger partial charge in [-0.15, -0.1) is 0 Å². The van der Waals surface area contributed by atoms with Crippen molar-refractivity contribution in [3.05, 3.63) is 292 Å². The van der Waals surface area contributed by atoms with Gasteiger partial charge in [0.15, 0.2) is 0 Å². The Hall–Kier alpha value is -8.18. The van der Waals surface area contributed by atoms with Gasteiger partial charge in [0.1, 0.15) is 0 Å². The first-order valence-electron chi connectivity index (χ1n) is 22.9. The van der Waals surface area contributed by atoms with Crippen molar-refractivity contribution in [2.24, 2.45) is 5.92 Å². The van der Waals surface area contributed by atoms with Crippen molar-refractivity contribution in [2.45, 2.75) is 17.3 Å². The first-order chi connectivity index (χ1) is 32.3. The van der Waals surface area contributed by atoms with Gasteiger partial charge in [-0.1, -0.05) is 200 Å². The first kappa shape index (κ1) is 36.3. The topological polar surface area (TPSA) is 3.24 Å². The van der Waals surface area contributed by atoms with Gasteiger partial charge in [-0.25, -0.2) is 0 Å². The molecule has 1 spiro atoms. The number of fused-ring (bicyclic) bond motifs is 16. The second kappa shape index (κ2) is 13.7. The van der Waals surface area contributed by atoms with E-state index in [4.69, 9.17) is 0 Å².